The minimum Gasteiger partial charge on any atom is -0.444 e. The van der Waals surface area contributed by atoms with Crippen LogP contribution in [-0.4, -0.2) is 104 Å². The summed E-state index contributed by atoms with van der Waals surface area (Å²) >= 11 is 0. The number of carbonyl (C=O) groups excluding carboxylic acids is 1. The summed E-state index contributed by atoms with van der Waals surface area (Å²) in [4.78, 5) is 21.4. The topological polar surface area (TPSA) is 101 Å². The van der Waals surface area contributed by atoms with Crippen molar-refractivity contribution in [2.24, 2.45) is 0 Å². The van der Waals surface area contributed by atoms with Gasteiger partial charge in [0.05, 0.1) is 25.4 Å². The van der Waals surface area contributed by atoms with Gasteiger partial charge in [0.25, 0.3) is 0 Å². The SMILES string of the molecule is CC(C)(C)OC(=O)N1CCN([C@H](CCCC#N)Cn2cc(-c3ccnc4c3ccn4COCCS(C)(C)C)cn2)CC1. The van der Waals surface area contributed by atoms with Crippen LogP contribution in [0, 0.1) is 11.3 Å². The van der Waals surface area contributed by atoms with Crippen molar-refractivity contribution in [1.29, 1.82) is 5.26 Å². The van der Waals surface area contributed by atoms with Crippen LogP contribution in [0.15, 0.2) is 36.9 Å². The summed E-state index contributed by atoms with van der Waals surface area (Å²) in [6, 6.07) is 6.63. The highest BCUT2D eigenvalue weighted by molar-refractivity contribution is 8.32. The Balaban J connectivity index is 1.42. The van der Waals surface area contributed by atoms with E-state index >= 15 is 0 Å². The number of carbonyl (C=O) groups is 1. The van der Waals surface area contributed by atoms with Crippen molar-refractivity contribution < 1.29 is 14.3 Å². The van der Waals surface area contributed by atoms with Crippen molar-refractivity contribution in [2.45, 2.75) is 65.0 Å². The second-order valence-electron chi connectivity index (χ2n) is 12.9. The number of pyridine rings is 1. The van der Waals surface area contributed by atoms with Crippen LogP contribution < -0.4 is 0 Å². The highest BCUT2D eigenvalue weighted by Gasteiger charge is 2.29. The maximum absolute atomic E-state index is 12.5. The van der Waals surface area contributed by atoms with Crippen LogP contribution in [0.3, 0.4) is 0 Å². The van der Waals surface area contributed by atoms with Crippen LogP contribution in [-0.2, 0) is 22.7 Å². The molecule has 10 nitrogen and oxygen atoms in total. The van der Waals surface area contributed by atoms with E-state index < -0.39 is 15.6 Å². The third kappa shape index (κ3) is 8.96. The van der Waals surface area contributed by atoms with Gasteiger partial charge in [-0.25, -0.2) is 19.8 Å². The van der Waals surface area contributed by atoms with Gasteiger partial charge in [0, 0.05) is 73.9 Å². The molecule has 0 radical (unpaired) electrons. The number of fused-ring (bicyclic) bond motifs is 1. The quantitative estimate of drug-likeness (QED) is 0.265. The molecule has 3 aromatic rings. The molecule has 4 rings (SSSR count). The number of piperazine rings is 1. The molecule has 3 aromatic heterocycles. The molecule has 0 N–H and O–H groups in total. The molecule has 0 spiro atoms. The van der Waals surface area contributed by atoms with Gasteiger partial charge in [-0.15, -0.1) is 0 Å². The molecule has 11 heteroatoms. The standard InChI is InChI=1S/C31H47N7O3S/c1-31(2,3)41-30(39)36-17-15-35(16-18-36)26(9-7-8-12-32)23-38-22-25(21-34-38)27-10-13-33-29-28(27)11-14-37(29)24-40-19-20-42(4,5)6/h10-11,13-14,21-22,26H,7-9,15-20,23-24H2,1-6H3/t26-/m1/s1. The fourth-order valence-corrected chi connectivity index (χ4v) is 5.76. The van der Waals surface area contributed by atoms with Crippen molar-refractivity contribution in [3.8, 4) is 17.2 Å². The molecule has 0 saturated carbocycles. The average molecular weight is 598 g/mol. The van der Waals surface area contributed by atoms with Crippen LogP contribution in [0.5, 0.6) is 0 Å². The summed E-state index contributed by atoms with van der Waals surface area (Å²) in [5, 5.41) is 14.9. The monoisotopic (exact) mass is 597 g/mol. The highest BCUT2D eigenvalue weighted by Crippen LogP contribution is 2.33. The molecular weight excluding hydrogens is 550 g/mol. The molecule has 0 bridgehead atoms. The van der Waals surface area contributed by atoms with E-state index in [1.54, 1.807) is 4.90 Å². The van der Waals surface area contributed by atoms with Gasteiger partial charge in [-0.3, -0.25) is 9.58 Å². The molecule has 1 fully saturated rings. The third-order valence-corrected chi connectivity index (χ3v) is 8.77. The molecule has 1 aliphatic rings. The molecule has 1 amide bonds. The Labute approximate surface area is 251 Å². The van der Waals surface area contributed by atoms with Gasteiger partial charge in [-0.1, -0.05) is 0 Å². The molecule has 1 atom stereocenters. The largest absolute Gasteiger partial charge is 0.444 e. The molecule has 42 heavy (non-hydrogen) atoms. The number of rotatable bonds is 12. The zero-order valence-electron chi connectivity index (χ0n) is 26.1. The van der Waals surface area contributed by atoms with Crippen molar-refractivity contribution in [2.75, 3.05) is 57.3 Å². The van der Waals surface area contributed by atoms with E-state index in [4.69, 9.17) is 19.8 Å². The maximum Gasteiger partial charge on any atom is 0.410 e. The number of hydrogen-bond donors (Lipinski definition) is 0. The molecule has 0 aliphatic carbocycles. The van der Waals surface area contributed by atoms with E-state index in [2.05, 4.69) is 51.6 Å². The number of hydrogen-bond acceptors (Lipinski definition) is 7. The van der Waals surface area contributed by atoms with E-state index in [1.807, 2.05) is 50.1 Å². The van der Waals surface area contributed by atoms with Crippen molar-refractivity contribution >= 4 is 27.2 Å². The van der Waals surface area contributed by atoms with Crippen molar-refractivity contribution in [3.05, 3.63) is 36.9 Å². The van der Waals surface area contributed by atoms with Crippen molar-refractivity contribution in [3.63, 3.8) is 0 Å². The first-order chi connectivity index (χ1) is 19.9. The fourth-order valence-electron chi connectivity index (χ4n) is 5.14. The maximum atomic E-state index is 12.5. The molecule has 0 aromatic carbocycles. The van der Waals surface area contributed by atoms with Gasteiger partial charge < -0.3 is 18.9 Å². The summed E-state index contributed by atoms with van der Waals surface area (Å²) < 4.78 is 15.6. The van der Waals surface area contributed by atoms with Gasteiger partial charge in [-0.05, 0) is 70.1 Å². The molecule has 230 valence electrons. The lowest BCUT2D eigenvalue weighted by molar-refractivity contribution is 0.00858. The minimum atomic E-state index is -0.580. The van der Waals surface area contributed by atoms with Crippen LogP contribution in [0.4, 0.5) is 4.79 Å². The van der Waals surface area contributed by atoms with E-state index in [-0.39, 0.29) is 12.1 Å². The van der Waals surface area contributed by atoms with Gasteiger partial charge in [-0.2, -0.15) is 10.4 Å². The lowest BCUT2D eigenvalue weighted by Crippen LogP contribution is -2.53. The Morgan fingerprint density at radius 3 is 2.62 bits per heavy atom. The Bertz CT molecular complexity index is 1360. The van der Waals surface area contributed by atoms with E-state index in [1.165, 1.54) is 0 Å². The van der Waals surface area contributed by atoms with Gasteiger partial charge >= 0.3 is 6.09 Å². The predicted octanol–water partition coefficient (Wildman–Crippen LogP) is 5.18. The van der Waals surface area contributed by atoms with Crippen LogP contribution >= 0.6 is 10.0 Å². The Kier molecular flexibility index (Phi) is 10.6. The van der Waals surface area contributed by atoms with E-state index in [0.717, 1.165) is 67.0 Å². The van der Waals surface area contributed by atoms with Crippen molar-refractivity contribution in [1.82, 2.24) is 29.1 Å². The highest BCUT2D eigenvalue weighted by atomic mass is 32.3. The predicted molar refractivity (Wildman–Crippen MR) is 170 cm³/mol. The molecule has 4 heterocycles. The number of nitrogens with zero attached hydrogens (tertiary/aromatic N) is 7. The Morgan fingerprint density at radius 1 is 1.17 bits per heavy atom. The zero-order chi connectivity index (χ0) is 30.3. The van der Waals surface area contributed by atoms with Crippen LogP contribution in [0.25, 0.3) is 22.2 Å². The lowest BCUT2D eigenvalue weighted by Gasteiger charge is -2.39. The van der Waals surface area contributed by atoms with Gasteiger partial charge in [0.2, 0.25) is 0 Å². The summed E-state index contributed by atoms with van der Waals surface area (Å²) in [5.74, 6) is 1.08. The first-order valence-corrected chi connectivity index (χ1v) is 17.8. The van der Waals surface area contributed by atoms with Gasteiger partial charge in [0.15, 0.2) is 0 Å². The van der Waals surface area contributed by atoms with Gasteiger partial charge in [0.1, 0.15) is 18.0 Å². The van der Waals surface area contributed by atoms with Crippen LogP contribution in [0.1, 0.15) is 40.0 Å². The zero-order valence-corrected chi connectivity index (χ0v) is 26.9. The first kappa shape index (κ1) is 31.9. The summed E-state index contributed by atoms with van der Waals surface area (Å²) in [6.45, 7) is 10.4. The number of aromatic nitrogens is 4. The molecular formula is C31H47N7O3S. The normalized spacial score (nSPS) is 16.0. The number of unbranched alkanes of at least 4 members (excludes halogenated alkanes) is 1. The summed E-state index contributed by atoms with van der Waals surface area (Å²) in [6.07, 6.45) is 16.8. The minimum absolute atomic E-state index is 0.220. The second-order valence-corrected chi connectivity index (χ2v) is 17.5. The molecule has 1 saturated heterocycles. The third-order valence-electron chi connectivity index (χ3n) is 7.38. The molecule has 0 unspecified atom stereocenters. The Morgan fingerprint density at radius 2 is 1.93 bits per heavy atom. The lowest BCUT2D eigenvalue weighted by atomic mass is 10.1. The van der Waals surface area contributed by atoms with E-state index in [0.29, 0.717) is 26.2 Å². The number of nitriles is 1. The van der Waals surface area contributed by atoms with E-state index in [9.17, 15) is 4.79 Å². The average Bonchev–Trinajstić information content (AvgIpc) is 3.56. The smallest absolute Gasteiger partial charge is 0.410 e. The summed E-state index contributed by atoms with van der Waals surface area (Å²) in [5.41, 5.74) is 2.54. The van der Waals surface area contributed by atoms with Crippen LogP contribution in [0.2, 0.25) is 0 Å². The second kappa shape index (κ2) is 13.9. The Hall–Kier alpha value is -3.07. The fraction of sp³-hybridized carbons (Fsp3) is 0.613. The molecule has 1 aliphatic heterocycles. The summed E-state index contributed by atoms with van der Waals surface area (Å²) in [7, 11) is -0.580. The number of ether oxygens (including phenoxy) is 2. The number of amides is 1. The first-order valence-electron chi connectivity index (χ1n) is 14.7.